The molecule has 4 heteroatoms. The Hall–Kier alpha value is -2.28. The molecular weight excluding hydrogens is 238 g/mol. The fourth-order valence-corrected chi connectivity index (χ4v) is 2.16. The van der Waals surface area contributed by atoms with E-state index in [4.69, 9.17) is 4.74 Å². The first-order chi connectivity index (χ1) is 9.08. The number of nitrogens with zero attached hydrogens (tertiary/aromatic N) is 3. The van der Waals surface area contributed by atoms with Crippen LogP contribution in [0.25, 0.3) is 5.69 Å². The van der Waals surface area contributed by atoms with Gasteiger partial charge in [0.25, 0.3) is 0 Å². The Morgan fingerprint density at radius 3 is 2.68 bits per heavy atom. The predicted molar refractivity (Wildman–Crippen MR) is 73.7 cm³/mol. The highest BCUT2D eigenvalue weighted by Gasteiger charge is 2.17. The maximum absolute atomic E-state index is 9.17. The molecule has 98 valence electrons. The van der Waals surface area contributed by atoms with Crippen molar-refractivity contribution in [2.24, 2.45) is 0 Å². The number of rotatable bonds is 3. The Morgan fingerprint density at radius 1 is 1.37 bits per heavy atom. The first kappa shape index (κ1) is 13.2. The normalized spacial score (nSPS) is 10.5. The molecule has 0 aliphatic heterocycles. The van der Waals surface area contributed by atoms with Crippen LogP contribution < -0.4 is 4.74 Å². The van der Waals surface area contributed by atoms with Gasteiger partial charge in [0.15, 0.2) is 0 Å². The minimum Gasteiger partial charge on any atom is -0.494 e. The number of methoxy groups -OCH3 is 1. The van der Waals surface area contributed by atoms with E-state index in [-0.39, 0.29) is 5.92 Å². The average molecular weight is 255 g/mol. The van der Waals surface area contributed by atoms with E-state index in [9.17, 15) is 5.26 Å². The zero-order valence-corrected chi connectivity index (χ0v) is 11.6. The Morgan fingerprint density at radius 2 is 2.11 bits per heavy atom. The number of ether oxygens (including phenoxy) is 1. The molecule has 1 heterocycles. The molecule has 2 rings (SSSR count). The van der Waals surface area contributed by atoms with Gasteiger partial charge >= 0.3 is 0 Å². The molecule has 0 saturated heterocycles. The van der Waals surface area contributed by atoms with Crippen LogP contribution in [0.4, 0.5) is 0 Å². The highest BCUT2D eigenvalue weighted by molar-refractivity contribution is 5.51. The molecule has 0 unspecified atom stereocenters. The van der Waals surface area contributed by atoms with Crippen LogP contribution in [0.3, 0.4) is 0 Å². The zero-order valence-electron chi connectivity index (χ0n) is 11.6. The number of aromatic nitrogens is 2. The molecule has 4 nitrogen and oxygen atoms in total. The molecule has 0 atom stereocenters. The SMILES string of the molecule is COc1ccc(C)cc1-n1ncc(C#N)c1C(C)C. The summed E-state index contributed by atoms with van der Waals surface area (Å²) in [5, 5.41) is 13.5. The van der Waals surface area contributed by atoms with E-state index in [1.807, 2.05) is 25.1 Å². The van der Waals surface area contributed by atoms with Crippen LogP contribution in [0.15, 0.2) is 24.4 Å². The summed E-state index contributed by atoms with van der Waals surface area (Å²) in [5.74, 6) is 0.961. The van der Waals surface area contributed by atoms with Gasteiger partial charge in [0, 0.05) is 0 Å². The number of benzene rings is 1. The molecule has 0 N–H and O–H groups in total. The minimum absolute atomic E-state index is 0.211. The Balaban J connectivity index is 2.69. The van der Waals surface area contributed by atoms with Gasteiger partial charge in [-0.2, -0.15) is 10.4 Å². The van der Waals surface area contributed by atoms with E-state index in [1.54, 1.807) is 18.0 Å². The van der Waals surface area contributed by atoms with Gasteiger partial charge in [-0.25, -0.2) is 4.68 Å². The zero-order chi connectivity index (χ0) is 14.0. The van der Waals surface area contributed by atoms with Crippen LogP contribution in [0, 0.1) is 18.3 Å². The van der Waals surface area contributed by atoms with E-state index in [0.29, 0.717) is 5.56 Å². The smallest absolute Gasteiger partial charge is 0.144 e. The third-order valence-electron chi connectivity index (χ3n) is 3.04. The molecular formula is C15H17N3O. The van der Waals surface area contributed by atoms with Crippen molar-refractivity contribution in [2.75, 3.05) is 7.11 Å². The molecule has 0 aliphatic rings. The highest BCUT2D eigenvalue weighted by atomic mass is 16.5. The van der Waals surface area contributed by atoms with E-state index in [0.717, 1.165) is 22.7 Å². The van der Waals surface area contributed by atoms with Gasteiger partial charge in [0.05, 0.1) is 24.6 Å². The molecule has 0 spiro atoms. The lowest BCUT2D eigenvalue weighted by atomic mass is 10.1. The molecule has 0 aliphatic carbocycles. The summed E-state index contributed by atoms with van der Waals surface area (Å²) in [6.45, 7) is 6.12. The van der Waals surface area contributed by atoms with Crippen LogP contribution in [-0.2, 0) is 0 Å². The molecule has 1 aromatic carbocycles. The van der Waals surface area contributed by atoms with E-state index in [2.05, 4.69) is 25.0 Å². The molecule has 0 saturated carbocycles. The third-order valence-corrected chi connectivity index (χ3v) is 3.04. The quantitative estimate of drug-likeness (QED) is 0.846. The predicted octanol–water partition coefficient (Wildman–Crippen LogP) is 3.18. The van der Waals surface area contributed by atoms with Gasteiger partial charge in [-0.1, -0.05) is 19.9 Å². The number of hydrogen-bond acceptors (Lipinski definition) is 3. The molecule has 19 heavy (non-hydrogen) atoms. The van der Waals surface area contributed by atoms with E-state index >= 15 is 0 Å². The topological polar surface area (TPSA) is 50.8 Å². The molecule has 1 aromatic heterocycles. The first-order valence-electron chi connectivity index (χ1n) is 6.21. The summed E-state index contributed by atoms with van der Waals surface area (Å²) in [6.07, 6.45) is 1.61. The third kappa shape index (κ3) is 2.32. The number of nitriles is 1. The summed E-state index contributed by atoms with van der Waals surface area (Å²) in [7, 11) is 1.64. The lowest BCUT2D eigenvalue weighted by Gasteiger charge is -2.14. The number of aryl methyl sites for hydroxylation is 1. The lowest BCUT2D eigenvalue weighted by Crippen LogP contribution is -2.06. The van der Waals surface area contributed by atoms with Gasteiger partial charge in [-0.15, -0.1) is 0 Å². The second-order valence-corrected chi connectivity index (χ2v) is 4.80. The Labute approximate surface area is 113 Å². The summed E-state index contributed by atoms with van der Waals surface area (Å²) in [6, 6.07) is 8.12. The largest absolute Gasteiger partial charge is 0.494 e. The monoisotopic (exact) mass is 255 g/mol. The van der Waals surface area contributed by atoms with Gasteiger partial charge in [0.2, 0.25) is 0 Å². The fraction of sp³-hybridized carbons (Fsp3) is 0.333. The van der Waals surface area contributed by atoms with Gasteiger partial charge in [-0.3, -0.25) is 0 Å². The van der Waals surface area contributed by atoms with Crippen LogP contribution in [0.5, 0.6) is 5.75 Å². The van der Waals surface area contributed by atoms with Crippen molar-refractivity contribution in [1.82, 2.24) is 9.78 Å². The van der Waals surface area contributed by atoms with Crippen molar-refractivity contribution < 1.29 is 4.74 Å². The van der Waals surface area contributed by atoms with Crippen molar-refractivity contribution in [2.45, 2.75) is 26.7 Å². The maximum Gasteiger partial charge on any atom is 0.144 e. The average Bonchev–Trinajstić information content (AvgIpc) is 2.82. The molecule has 0 radical (unpaired) electrons. The molecule has 0 bridgehead atoms. The lowest BCUT2D eigenvalue weighted by molar-refractivity contribution is 0.411. The van der Waals surface area contributed by atoms with Crippen molar-refractivity contribution in [3.05, 3.63) is 41.2 Å². The van der Waals surface area contributed by atoms with Crippen LogP contribution in [0.1, 0.15) is 36.6 Å². The second-order valence-electron chi connectivity index (χ2n) is 4.80. The first-order valence-corrected chi connectivity index (χ1v) is 6.21. The Bertz CT molecular complexity index is 635. The highest BCUT2D eigenvalue weighted by Crippen LogP contribution is 2.28. The standard InChI is InChI=1S/C15H17N3O/c1-10(2)15-12(8-16)9-17-18(15)13-7-11(3)5-6-14(13)19-4/h5-7,9-10H,1-4H3. The summed E-state index contributed by atoms with van der Waals surface area (Å²) < 4.78 is 7.19. The van der Waals surface area contributed by atoms with Crippen LogP contribution >= 0.6 is 0 Å². The maximum atomic E-state index is 9.17. The summed E-state index contributed by atoms with van der Waals surface area (Å²) >= 11 is 0. The van der Waals surface area contributed by atoms with Crippen molar-refractivity contribution in [3.8, 4) is 17.5 Å². The van der Waals surface area contributed by atoms with Crippen molar-refractivity contribution >= 4 is 0 Å². The molecule has 2 aromatic rings. The van der Waals surface area contributed by atoms with Gasteiger partial charge in [-0.05, 0) is 30.5 Å². The fourth-order valence-electron chi connectivity index (χ4n) is 2.16. The van der Waals surface area contributed by atoms with E-state index in [1.165, 1.54) is 0 Å². The molecule has 0 amide bonds. The van der Waals surface area contributed by atoms with Gasteiger partial charge < -0.3 is 4.74 Å². The summed E-state index contributed by atoms with van der Waals surface area (Å²) in [4.78, 5) is 0. The van der Waals surface area contributed by atoms with Crippen LogP contribution in [0.2, 0.25) is 0 Å². The molecule has 0 fully saturated rings. The second kappa shape index (κ2) is 5.15. The summed E-state index contributed by atoms with van der Waals surface area (Å²) in [5.41, 5.74) is 3.51. The van der Waals surface area contributed by atoms with Gasteiger partial charge in [0.1, 0.15) is 17.5 Å². The van der Waals surface area contributed by atoms with Crippen LogP contribution in [-0.4, -0.2) is 16.9 Å². The number of hydrogen-bond donors (Lipinski definition) is 0. The van der Waals surface area contributed by atoms with Crippen molar-refractivity contribution in [3.63, 3.8) is 0 Å². The van der Waals surface area contributed by atoms with Crippen molar-refractivity contribution in [1.29, 1.82) is 5.26 Å². The van der Waals surface area contributed by atoms with E-state index < -0.39 is 0 Å². The minimum atomic E-state index is 0.211. The Kier molecular flexibility index (Phi) is 3.57.